The summed E-state index contributed by atoms with van der Waals surface area (Å²) in [6, 6.07) is 5.62. The van der Waals surface area contributed by atoms with Gasteiger partial charge in [0.25, 0.3) is 5.91 Å². The third-order valence-corrected chi connectivity index (χ3v) is 3.57. The van der Waals surface area contributed by atoms with E-state index in [2.05, 4.69) is 10.2 Å². The predicted molar refractivity (Wildman–Crippen MR) is 79.3 cm³/mol. The normalized spacial score (nSPS) is 10.5. The quantitative estimate of drug-likeness (QED) is 0.846. The largest absolute Gasteiger partial charge is 0.337 e. The van der Waals surface area contributed by atoms with Crippen LogP contribution in [0.25, 0.3) is 0 Å². The molecular formula is C13H9Cl3FN3O. The van der Waals surface area contributed by atoms with E-state index < -0.39 is 11.7 Å². The maximum atomic E-state index is 13.7. The first-order chi connectivity index (χ1) is 9.90. The number of halogens is 4. The van der Waals surface area contributed by atoms with E-state index >= 15 is 0 Å². The smallest absolute Gasteiger partial charge is 0.257 e. The number of hydrogen-bond acceptors (Lipinski definition) is 3. The van der Waals surface area contributed by atoms with Crippen molar-refractivity contribution in [2.75, 3.05) is 7.05 Å². The van der Waals surface area contributed by atoms with Gasteiger partial charge in [0.1, 0.15) is 5.82 Å². The summed E-state index contributed by atoms with van der Waals surface area (Å²) in [4.78, 5) is 13.6. The van der Waals surface area contributed by atoms with Gasteiger partial charge in [-0.1, -0.05) is 40.9 Å². The summed E-state index contributed by atoms with van der Waals surface area (Å²) in [5.74, 6) is -0.949. The molecule has 2 rings (SSSR count). The van der Waals surface area contributed by atoms with E-state index in [-0.39, 0.29) is 33.0 Å². The first kappa shape index (κ1) is 15.9. The number of benzene rings is 1. The summed E-state index contributed by atoms with van der Waals surface area (Å²) < 4.78 is 13.7. The molecule has 0 bridgehead atoms. The molecule has 0 atom stereocenters. The summed E-state index contributed by atoms with van der Waals surface area (Å²) in [6.45, 7) is -0.0133. The number of carbonyl (C=O) groups excluding carboxylic acids is 1. The maximum absolute atomic E-state index is 13.7. The van der Waals surface area contributed by atoms with Crippen LogP contribution in [0.3, 0.4) is 0 Å². The van der Waals surface area contributed by atoms with Gasteiger partial charge in [0.05, 0.1) is 5.56 Å². The van der Waals surface area contributed by atoms with Gasteiger partial charge in [-0.15, -0.1) is 10.2 Å². The van der Waals surface area contributed by atoms with Gasteiger partial charge in [0.2, 0.25) is 0 Å². The lowest BCUT2D eigenvalue weighted by Crippen LogP contribution is -2.27. The highest BCUT2D eigenvalue weighted by Gasteiger charge is 2.19. The highest BCUT2D eigenvalue weighted by Crippen LogP contribution is 2.22. The fourth-order valence-electron chi connectivity index (χ4n) is 1.70. The fraction of sp³-hybridized carbons (Fsp3) is 0.154. The Hall–Kier alpha value is -1.43. The van der Waals surface area contributed by atoms with E-state index in [4.69, 9.17) is 34.8 Å². The standard InChI is InChI=1S/C13H9Cl3FN3O/c1-20(6-8-9(14)3-2-4-10(8)17)13(21)7-5-11(15)18-19-12(7)16/h2-5H,6H2,1H3. The first-order valence-corrected chi connectivity index (χ1v) is 6.90. The first-order valence-electron chi connectivity index (χ1n) is 5.77. The zero-order chi connectivity index (χ0) is 15.6. The second-order valence-corrected chi connectivity index (χ2v) is 5.39. The molecular weight excluding hydrogens is 340 g/mol. The molecule has 0 unspecified atom stereocenters. The van der Waals surface area contributed by atoms with Crippen molar-refractivity contribution in [2.45, 2.75) is 6.54 Å². The topological polar surface area (TPSA) is 46.1 Å². The zero-order valence-corrected chi connectivity index (χ0v) is 13.0. The average molecular weight is 349 g/mol. The Morgan fingerprint density at radius 3 is 2.67 bits per heavy atom. The molecule has 1 amide bonds. The highest BCUT2D eigenvalue weighted by atomic mass is 35.5. The molecule has 110 valence electrons. The van der Waals surface area contributed by atoms with Crippen LogP contribution in [0.4, 0.5) is 4.39 Å². The molecule has 0 N–H and O–H groups in total. The van der Waals surface area contributed by atoms with Crippen LogP contribution in [0.2, 0.25) is 15.3 Å². The third-order valence-electron chi connectivity index (χ3n) is 2.75. The number of rotatable bonds is 3. The van der Waals surface area contributed by atoms with E-state index in [1.54, 1.807) is 6.07 Å². The van der Waals surface area contributed by atoms with Crippen LogP contribution in [0, 0.1) is 5.82 Å². The van der Waals surface area contributed by atoms with Gasteiger partial charge >= 0.3 is 0 Å². The Bertz CT molecular complexity index is 676. The van der Waals surface area contributed by atoms with E-state index in [1.807, 2.05) is 0 Å². The molecule has 0 spiro atoms. The molecule has 8 heteroatoms. The van der Waals surface area contributed by atoms with E-state index in [9.17, 15) is 9.18 Å². The Morgan fingerprint density at radius 1 is 1.29 bits per heavy atom. The monoisotopic (exact) mass is 347 g/mol. The number of carbonyl (C=O) groups is 1. The number of amides is 1. The molecule has 0 aliphatic carbocycles. The second kappa shape index (κ2) is 6.56. The SMILES string of the molecule is CN(Cc1c(F)cccc1Cl)C(=O)c1cc(Cl)nnc1Cl. The van der Waals surface area contributed by atoms with Crippen LogP contribution in [-0.2, 0) is 6.54 Å². The van der Waals surface area contributed by atoms with Gasteiger partial charge in [-0.05, 0) is 18.2 Å². The molecule has 0 saturated heterocycles. The Balaban J connectivity index is 2.26. The lowest BCUT2D eigenvalue weighted by atomic mass is 10.2. The van der Waals surface area contributed by atoms with Crippen molar-refractivity contribution in [1.82, 2.24) is 15.1 Å². The Kier molecular flexibility index (Phi) is 4.98. The van der Waals surface area contributed by atoms with Gasteiger partial charge < -0.3 is 4.90 Å². The van der Waals surface area contributed by atoms with Crippen molar-refractivity contribution in [2.24, 2.45) is 0 Å². The van der Waals surface area contributed by atoms with Gasteiger partial charge in [0, 0.05) is 24.2 Å². The maximum Gasteiger partial charge on any atom is 0.257 e. The predicted octanol–water partition coefficient (Wildman–Crippen LogP) is 3.85. The molecule has 1 aromatic carbocycles. The van der Waals surface area contributed by atoms with Crippen LogP contribution in [-0.4, -0.2) is 28.1 Å². The van der Waals surface area contributed by atoms with E-state index in [0.717, 1.165) is 0 Å². The molecule has 4 nitrogen and oxygen atoms in total. The van der Waals surface area contributed by atoms with Crippen molar-refractivity contribution in [1.29, 1.82) is 0 Å². The van der Waals surface area contributed by atoms with Crippen LogP contribution in [0.5, 0.6) is 0 Å². The molecule has 2 aromatic rings. The van der Waals surface area contributed by atoms with Crippen molar-refractivity contribution in [3.05, 3.63) is 56.5 Å². The van der Waals surface area contributed by atoms with Crippen molar-refractivity contribution in [3.63, 3.8) is 0 Å². The van der Waals surface area contributed by atoms with Crippen molar-refractivity contribution in [3.8, 4) is 0 Å². The second-order valence-electron chi connectivity index (χ2n) is 4.23. The van der Waals surface area contributed by atoms with Crippen LogP contribution in [0.1, 0.15) is 15.9 Å². The van der Waals surface area contributed by atoms with E-state index in [0.29, 0.717) is 0 Å². The van der Waals surface area contributed by atoms with Crippen LogP contribution < -0.4 is 0 Å². The van der Waals surface area contributed by atoms with Gasteiger partial charge in [-0.2, -0.15) is 0 Å². The summed E-state index contributed by atoms with van der Waals surface area (Å²) in [5.41, 5.74) is 0.311. The minimum absolute atomic E-state index is 0.0133. The van der Waals surface area contributed by atoms with Crippen LogP contribution in [0.15, 0.2) is 24.3 Å². The zero-order valence-electron chi connectivity index (χ0n) is 10.8. The molecule has 1 heterocycles. The summed E-state index contributed by atoms with van der Waals surface area (Å²) in [6.07, 6.45) is 0. The molecule has 1 aromatic heterocycles. The molecule has 0 radical (unpaired) electrons. The van der Waals surface area contributed by atoms with Gasteiger partial charge in [0.15, 0.2) is 10.3 Å². The molecule has 0 aliphatic rings. The van der Waals surface area contributed by atoms with E-state index in [1.165, 1.54) is 30.1 Å². The fourth-order valence-corrected chi connectivity index (χ4v) is 2.24. The van der Waals surface area contributed by atoms with Crippen LogP contribution >= 0.6 is 34.8 Å². The number of nitrogens with zero attached hydrogens (tertiary/aromatic N) is 3. The Morgan fingerprint density at radius 2 is 2.00 bits per heavy atom. The van der Waals surface area contributed by atoms with Crippen molar-refractivity contribution < 1.29 is 9.18 Å². The lowest BCUT2D eigenvalue weighted by molar-refractivity contribution is 0.0783. The number of hydrogen-bond donors (Lipinski definition) is 0. The van der Waals surface area contributed by atoms with Gasteiger partial charge in [-0.25, -0.2) is 4.39 Å². The minimum atomic E-state index is -0.487. The highest BCUT2D eigenvalue weighted by molar-refractivity contribution is 6.34. The molecule has 0 aliphatic heterocycles. The third kappa shape index (κ3) is 3.61. The summed E-state index contributed by atoms with van der Waals surface area (Å²) in [5, 5.41) is 7.30. The Labute approximate surface area is 135 Å². The molecule has 21 heavy (non-hydrogen) atoms. The number of aromatic nitrogens is 2. The molecule has 0 saturated carbocycles. The summed E-state index contributed by atoms with van der Waals surface area (Å²) in [7, 11) is 1.50. The average Bonchev–Trinajstić information content (AvgIpc) is 2.44. The molecule has 0 fully saturated rings. The lowest BCUT2D eigenvalue weighted by Gasteiger charge is -2.18. The van der Waals surface area contributed by atoms with Gasteiger partial charge in [-0.3, -0.25) is 4.79 Å². The summed E-state index contributed by atoms with van der Waals surface area (Å²) >= 11 is 17.4. The van der Waals surface area contributed by atoms with Crippen molar-refractivity contribution >= 4 is 40.7 Å². The minimum Gasteiger partial charge on any atom is -0.337 e.